The number of benzene rings is 2. The molecule has 0 radical (unpaired) electrons. The van der Waals surface area contributed by atoms with E-state index in [0.29, 0.717) is 58.5 Å². The van der Waals surface area contributed by atoms with E-state index in [-0.39, 0.29) is 17.2 Å². The molecule has 0 saturated carbocycles. The molecule has 4 aromatic rings. The molecular formula is C27H28ClN3O5. The molecule has 0 atom stereocenters. The van der Waals surface area contributed by atoms with Crippen LogP contribution in [0.3, 0.4) is 0 Å². The molecule has 188 valence electrons. The van der Waals surface area contributed by atoms with Gasteiger partial charge in [0.1, 0.15) is 22.8 Å². The summed E-state index contributed by atoms with van der Waals surface area (Å²) in [7, 11) is 3.08. The molecule has 2 aromatic heterocycles. The molecule has 2 N–H and O–H groups in total. The second kappa shape index (κ2) is 11.3. The van der Waals surface area contributed by atoms with Crippen LogP contribution in [0, 0.1) is 0 Å². The van der Waals surface area contributed by atoms with Gasteiger partial charge in [0.2, 0.25) is 5.89 Å². The first-order valence-corrected chi connectivity index (χ1v) is 12.1. The summed E-state index contributed by atoms with van der Waals surface area (Å²) < 4.78 is 17.0. The van der Waals surface area contributed by atoms with Crippen molar-refractivity contribution in [3.8, 4) is 39.8 Å². The zero-order chi connectivity index (χ0) is 25.7. The zero-order valence-corrected chi connectivity index (χ0v) is 21.2. The molecule has 0 amide bonds. The molecular weight excluding hydrogens is 482 g/mol. The average molecular weight is 510 g/mol. The Morgan fingerprint density at radius 1 is 0.944 bits per heavy atom. The predicted molar refractivity (Wildman–Crippen MR) is 138 cm³/mol. The third kappa shape index (κ3) is 5.23. The lowest BCUT2D eigenvalue weighted by molar-refractivity contribution is 0.396. The standard InChI is InChI=1S/C27H28ClN3O5/c1-4-5-7-18-22(23-19(34-2)8-6-9-20(23)35-3)25(32)24(26(33)29-18)27-31-30-21(36-27)15-12-16-10-13-17(28)14-11-16/h6,8-11,13-14H,4-5,7,12,15H2,1-3H3,(H2,29,32,33). The fraction of sp³-hybridized carbons (Fsp3) is 0.296. The molecule has 9 heteroatoms. The minimum absolute atomic E-state index is 0.0583. The smallest absolute Gasteiger partial charge is 0.264 e. The van der Waals surface area contributed by atoms with Crippen LogP contribution in [0.2, 0.25) is 5.02 Å². The fourth-order valence-electron chi connectivity index (χ4n) is 4.10. The second-order valence-electron chi connectivity index (χ2n) is 8.30. The number of nitrogens with one attached hydrogen (secondary N) is 1. The van der Waals surface area contributed by atoms with Crippen molar-refractivity contribution >= 4 is 11.6 Å². The lowest BCUT2D eigenvalue weighted by atomic mass is 9.96. The topological polar surface area (TPSA) is 110 Å². The molecule has 4 rings (SSSR count). The van der Waals surface area contributed by atoms with Gasteiger partial charge in [-0.15, -0.1) is 10.2 Å². The van der Waals surface area contributed by atoms with Gasteiger partial charge in [-0.1, -0.05) is 43.1 Å². The fourth-order valence-corrected chi connectivity index (χ4v) is 4.23. The molecule has 0 unspecified atom stereocenters. The highest BCUT2D eigenvalue weighted by molar-refractivity contribution is 6.30. The first-order chi connectivity index (χ1) is 17.5. The number of methoxy groups -OCH3 is 2. The summed E-state index contributed by atoms with van der Waals surface area (Å²) in [5.74, 6) is 1.02. The lowest BCUT2D eigenvalue weighted by Crippen LogP contribution is -2.14. The van der Waals surface area contributed by atoms with Crippen molar-refractivity contribution in [3.05, 3.63) is 75.0 Å². The number of ether oxygens (including phenoxy) is 2. The van der Waals surface area contributed by atoms with Gasteiger partial charge in [0.15, 0.2) is 0 Å². The minimum atomic E-state index is -0.510. The normalized spacial score (nSPS) is 11.0. The number of halogens is 1. The Labute approximate surface area is 213 Å². The van der Waals surface area contributed by atoms with Crippen LogP contribution in [0.15, 0.2) is 51.7 Å². The molecule has 8 nitrogen and oxygen atoms in total. The van der Waals surface area contributed by atoms with E-state index < -0.39 is 5.56 Å². The van der Waals surface area contributed by atoms with E-state index in [1.165, 1.54) is 0 Å². The van der Waals surface area contributed by atoms with Gasteiger partial charge in [0, 0.05) is 17.1 Å². The van der Waals surface area contributed by atoms with Crippen LogP contribution < -0.4 is 15.0 Å². The molecule has 0 fully saturated rings. The summed E-state index contributed by atoms with van der Waals surface area (Å²) in [6.07, 6.45) is 3.39. The molecule has 36 heavy (non-hydrogen) atoms. The quantitative estimate of drug-likeness (QED) is 0.286. The van der Waals surface area contributed by atoms with Gasteiger partial charge in [-0.25, -0.2) is 0 Å². The highest BCUT2D eigenvalue weighted by atomic mass is 35.5. The third-order valence-electron chi connectivity index (χ3n) is 5.95. The Bertz CT molecular complexity index is 1370. The van der Waals surface area contributed by atoms with Crippen LogP contribution in [0.1, 0.15) is 36.9 Å². The number of aromatic nitrogens is 3. The van der Waals surface area contributed by atoms with Crippen LogP contribution in [0.25, 0.3) is 22.6 Å². The third-order valence-corrected chi connectivity index (χ3v) is 6.20. The van der Waals surface area contributed by atoms with Crippen molar-refractivity contribution in [1.29, 1.82) is 0 Å². The number of hydrogen-bond donors (Lipinski definition) is 2. The zero-order valence-electron chi connectivity index (χ0n) is 20.4. The monoisotopic (exact) mass is 509 g/mol. The van der Waals surface area contributed by atoms with E-state index in [1.807, 2.05) is 24.3 Å². The lowest BCUT2D eigenvalue weighted by Gasteiger charge is -2.18. The Morgan fingerprint density at radius 3 is 2.28 bits per heavy atom. The summed E-state index contributed by atoms with van der Waals surface area (Å²) in [4.78, 5) is 16.0. The van der Waals surface area contributed by atoms with E-state index in [9.17, 15) is 9.90 Å². The van der Waals surface area contributed by atoms with Gasteiger partial charge in [-0.3, -0.25) is 4.79 Å². The molecule has 0 spiro atoms. The van der Waals surface area contributed by atoms with Crippen LogP contribution in [0.4, 0.5) is 0 Å². The van der Waals surface area contributed by atoms with E-state index in [1.54, 1.807) is 32.4 Å². The minimum Gasteiger partial charge on any atom is -0.506 e. The van der Waals surface area contributed by atoms with Gasteiger partial charge in [0.05, 0.1) is 25.3 Å². The Kier molecular flexibility index (Phi) is 7.95. The number of aromatic hydroxyl groups is 1. The average Bonchev–Trinajstić information content (AvgIpc) is 3.35. The summed E-state index contributed by atoms with van der Waals surface area (Å²) >= 11 is 5.95. The number of aryl methyl sites for hydroxylation is 3. The van der Waals surface area contributed by atoms with E-state index in [4.69, 9.17) is 25.5 Å². The maximum Gasteiger partial charge on any atom is 0.264 e. The first kappa shape index (κ1) is 25.3. The van der Waals surface area contributed by atoms with Gasteiger partial charge in [0.25, 0.3) is 11.4 Å². The van der Waals surface area contributed by atoms with Crippen LogP contribution in [-0.2, 0) is 19.3 Å². The number of H-pyrrole nitrogens is 1. The number of rotatable bonds is 10. The molecule has 0 bridgehead atoms. The van der Waals surface area contributed by atoms with Gasteiger partial charge >= 0.3 is 0 Å². The van der Waals surface area contributed by atoms with Crippen molar-refractivity contribution < 1.29 is 19.0 Å². The molecule has 0 aliphatic heterocycles. The molecule has 2 aromatic carbocycles. The summed E-state index contributed by atoms with van der Waals surface area (Å²) in [5.41, 5.74) is 1.98. The number of unbranched alkanes of at least 4 members (excludes halogenated alkanes) is 1. The second-order valence-corrected chi connectivity index (χ2v) is 8.74. The largest absolute Gasteiger partial charge is 0.506 e. The molecule has 0 aliphatic carbocycles. The van der Waals surface area contributed by atoms with Crippen molar-refractivity contribution in [2.75, 3.05) is 14.2 Å². The van der Waals surface area contributed by atoms with Crippen LogP contribution >= 0.6 is 11.6 Å². The Balaban J connectivity index is 1.78. The number of pyridine rings is 1. The molecule has 2 heterocycles. The van der Waals surface area contributed by atoms with E-state index >= 15 is 0 Å². The Morgan fingerprint density at radius 2 is 1.64 bits per heavy atom. The highest BCUT2D eigenvalue weighted by Gasteiger charge is 2.27. The Hall–Kier alpha value is -3.78. The number of hydrogen-bond acceptors (Lipinski definition) is 7. The van der Waals surface area contributed by atoms with Crippen molar-refractivity contribution in [2.45, 2.75) is 39.0 Å². The summed E-state index contributed by atoms with van der Waals surface area (Å²) in [6, 6.07) is 12.8. The first-order valence-electron chi connectivity index (χ1n) is 11.7. The number of aromatic amines is 1. The van der Waals surface area contributed by atoms with E-state index in [2.05, 4.69) is 22.1 Å². The molecule has 0 saturated heterocycles. The van der Waals surface area contributed by atoms with Gasteiger partial charge in [-0.05, 0) is 49.1 Å². The maximum absolute atomic E-state index is 13.1. The van der Waals surface area contributed by atoms with E-state index in [0.717, 1.165) is 18.4 Å². The van der Waals surface area contributed by atoms with Gasteiger partial charge in [-0.2, -0.15) is 0 Å². The SMILES string of the molecule is CCCCc1[nH]c(=O)c(-c2nnc(CCc3ccc(Cl)cc3)o2)c(O)c1-c1c(OC)cccc1OC. The highest BCUT2D eigenvalue weighted by Crippen LogP contribution is 2.46. The van der Waals surface area contributed by atoms with Crippen LogP contribution in [0.5, 0.6) is 17.2 Å². The number of nitrogens with zero attached hydrogens (tertiary/aromatic N) is 2. The van der Waals surface area contributed by atoms with Crippen molar-refractivity contribution in [1.82, 2.24) is 15.2 Å². The predicted octanol–water partition coefficient (Wildman–Crippen LogP) is 5.60. The van der Waals surface area contributed by atoms with Crippen molar-refractivity contribution in [3.63, 3.8) is 0 Å². The summed E-state index contributed by atoms with van der Waals surface area (Å²) in [6.45, 7) is 2.06. The summed E-state index contributed by atoms with van der Waals surface area (Å²) in [5, 5.41) is 20.3. The van der Waals surface area contributed by atoms with Gasteiger partial charge < -0.3 is 24.0 Å². The van der Waals surface area contributed by atoms with Crippen LogP contribution in [-0.4, -0.2) is 34.5 Å². The maximum atomic E-state index is 13.1. The van der Waals surface area contributed by atoms with Crippen molar-refractivity contribution in [2.24, 2.45) is 0 Å². The molecule has 0 aliphatic rings.